The van der Waals surface area contributed by atoms with Crippen LogP contribution in [0.25, 0.3) is 0 Å². The first-order valence-corrected chi connectivity index (χ1v) is 10.8. The molecule has 1 saturated carbocycles. The van der Waals surface area contributed by atoms with Gasteiger partial charge in [0.15, 0.2) is 5.82 Å². The van der Waals surface area contributed by atoms with Crippen LogP contribution < -0.4 is 0 Å². The fourth-order valence-electron chi connectivity index (χ4n) is 5.00. The summed E-state index contributed by atoms with van der Waals surface area (Å²) in [5.41, 5.74) is 1.92. The quantitative estimate of drug-likeness (QED) is 0.777. The van der Waals surface area contributed by atoms with Crippen LogP contribution in [0.2, 0.25) is 0 Å². The van der Waals surface area contributed by atoms with Gasteiger partial charge in [-0.1, -0.05) is 42.7 Å². The van der Waals surface area contributed by atoms with Crippen LogP contribution in [0.15, 0.2) is 24.3 Å². The number of piperidine rings is 1. The molecule has 156 valence electrons. The molecular formula is C22H32N6O. The van der Waals surface area contributed by atoms with Gasteiger partial charge in [-0.3, -0.25) is 9.69 Å². The summed E-state index contributed by atoms with van der Waals surface area (Å²) in [5.74, 6) is 1.10. The van der Waals surface area contributed by atoms with Crippen LogP contribution in [0.3, 0.4) is 0 Å². The number of carbonyl (C=O) groups is 1. The maximum Gasteiger partial charge on any atom is 0.227 e. The molecule has 0 radical (unpaired) electrons. The van der Waals surface area contributed by atoms with Crippen LogP contribution in [0.1, 0.15) is 61.5 Å². The first-order chi connectivity index (χ1) is 14.0. The molecule has 0 spiro atoms. The number of tetrazole rings is 1. The second kappa shape index (κ2) is 8.22. The highest BCUT2D eigenvalue weighted by Crippen LogP contribution is 2.38. The van der Waals surface area contributed by atoms with Crippen LogP contribution in [-0.2, 0) is 16.8 Å². The lowest BCUT2D eigenvalue weighted by Crippen LogP contribution is -2.57. The molecule has 1 atom stereocenters. The van der Waals surface area contributed by atoms with Gasteiger partial charge in [-0.2, -0.15) is 0 Å². The minimum atomic E-state index is -0.341. The topological polar surface area (TPSA) is 67.2 Å². The van der Waals surface area contributed by atoms with Gasteiger partial charge in [-0.25, -0.2) is 4.68 Å². The summed E-state index contributed by atoms with van der Waals surface area (Å²) in [6, 6.07) is 8.61. The van der Waals surface area contributed by atoms with Gasteiger partial charge in [0.2, 0.25) is 5.91 Å². The van der Waals surface area contributed by atoms with E-state index in [2.05, 4.69) is 58.3 Å². The van der Waals surface area contributed by atoms with E-state index in [1.54, 1.807) is 0 Å². The summed E-state index contributed by atoms with van der Waals surface area (Å²) in [4.78, 5) is 17.4. The molecule has 1 aromatic heterocycles. The number of likely N-dealkylation sites (N-methyl/N-ethyl adjacent to an activating group) is 1. The smallest absolute Gasteiger partial charge is 0.227 e. The Morgan fingerprint density at radius 3 is 2.76 bits per heavy atom. The first kappa shape index (κ1) is 20.0. The van der Waals surface area contributed by atoms with Crippen LogP contribution in [-0.4, -0.2) is 63.1 Å². The van der Waals surface area contributed by atoms with Gasteiger partial charge in [-0.15, -0.1) is 5.10 Å². The van der Waals surface area contributed by atoms with Gasteiger partial charge in [0, 0.05) is 13.1 Å². The second-order valence-corrected chi connectivity index (χ2v) is 8.90. The zero-order valence-corrected chi connectivity index (χ0v) is 17.8. The Hall–Kier alpha value is -2.28. The Morgan fingerprint density at radius 1 is 1.24 bits per heavy atom. The van der Waals surface area contributed by atoms with Crippen LogP contribution in [0.5, 0.6) is 0 Å². The van der Waals surface area contributed by atoms with Crippen molar-refractivity contribution in [3.8, 4) is 0 Å². The molecule has 1 amide bonds. The second-order valence-electron chi connectivity index (χ2n) is 8.90. The van der Waals surface area contributed by atoms with E-state index in [9.17, 15) is 4.79 Å². The lowest BCUT2D eigenvalue weighted by Gasteiger charge is -2.46. The fourth-order valence-corrected chi connectivity index (χ4v) is 5.00. The standard InChI is InChI=1S/C22H32N6O/c1-17-8-6-9-18(14-17)15-20(29)27-13-7-12-22(16-27,26(2)3)21-23-24-25-28(21)19-10-4-5-11-19/h6,8-9,14,19H,4-5,7,10-13,15-16H2,1-3H3/t22-/m0/s1. The lowest BCUT2D eigenvalue weighted by atomic mass is 9.86. The number of carbonyl (C=O) groups excluding carboxylic acids is 1. The number of rotatable bonds is 5. The average Bonchev–Trinajstić information content (AvgIpc) is 3.39. The van der Waals surface area contributed by atoms with Crippen molar-refractivity contribution >= 4 is 5.91 Å². The third kappa shape index (κ3) is 3.92. The van der Waals surface area contributed by atoms with Crippen molar-refractivity contribution in [1.29, 1.82) is 0 Å². The van der Waals surface area contributed by atoms with E-state index >= 15 is 0 Å². The number of hydrogen-bond donors (Lipinski definition) is 0. The van der Waals surface area contributed by atoms with Gasteiger partial charge in [-0.05, 0) is 62.7 Å². The summed E-state index contributed by atoms with van der Waals surface area (Å²) in [6.07, 6.45) is 7.10. The van der Waals surface area contributed by atoms with Crippen LogP contribution in [0, 0.1) is 6.92 Å². The molecule has 2 aliphatic rings. The molecule has 1 aliphatic carbocycles. The minimum absolute atomic E-state index is 0.182. The summed E-state index contributed by atoms with van der Waals surface area (Å²) in [7, 11) is 4.17. The lowest BCUT2D eigenvalue weighted by molar-refractivity contribution is -0.134. The highest BCUT2D eigenvalue weighted by atomic mass is 16.2. The molecule has 1 aliphatic heterocycles. The molecule has 7 heteroatoms. The summed E-state index contributed by atoms with van der Waals surface area (Å²) < 4.78 is 2.06. The third-order valence-electron chi connectivity index (χ3n) is 6.70. The number of aryl methyl sites for hydroxylation is 1. The van der Waals surface area contributed by atoms with E-state index < -0.39 is 0 Å². The average molecular weight is 397 g/mol. The Balaban J connectivity index is 1.58. The maximum atomic E-state index is 13.1. The molecule has 29 heavy (non-hydrogen) atoms. The zero-order chi connectivity index (χ0) is 20.4. The van der Waals surface area contributed by atoms with Crippen molar-refractivity contribution in [1.82, 2.24) is 30.0 Å². The summed E-state index contributed by atoms with van der Waals surface area (Å²) in [6.45, 7) is 3.50. The fraction of sp³-hybridized carbons (Fsp3) is 0.636. The number of hydrogen-bond acceptors (Lipinski definition) is 5. The van der Waals surface area contributed by atoms with E-state index in [4.69, 9.17) is 0 Å². The molecule has 0 bridgehead atoms. The zero-order valence-electron chi connectivity index (χ0n) is 17.8. The Bertz CT molecular complexity index is 856. The normalized spacial score (nSPS) is 23.1. The first-order valence-electron chi connectivity index (χ1n) is 10.8. The van der Waals surface area contributed by atoms with Crippen LogP contribution in [0.4, 0.5) is 0 Å². The van der Waals surface area contributed by atoms with Crippen molar-refractivity contribution < 1.29 is 4.79 Å². The maximum absolute atomic E-state index is 13.1. The molecule has 4 rings (SSSR count). The molecule has 2 heterocycles. The summed E-state index contributed by atoms with van der Waals surface area (Å²) >= 11 is 0. The van der Waals surface area contributed by atoms with Gasteiger partial charge < -0.3 is 4.90 Å². The highest BCUT2D eigenvalue weighted by molar-refractivity contribution is 5.79. The predicted molar refractivity (Wildman–Crippen MR) is 111 cm³/mol. The molecule has 1 aromatic carbocycles. The van der Waals surface area contributed by atoms with Crippen molar-refractivity contribution in [2.24, 2.45) is 0 Å². The van der Waals surface area contributed by atoms with Gasteiger partial charge in [0.05, 0.1) is 12.5 Å². The number of nitrogens with zero attached hydrogens (tertiary/aromatic N) is 6. The van der Waals surface area contributed by atoms with Crippen LogP contribution >= 0.6 is 0 Å². The Kier molecular flexibility index (Phi) is 5.67. The molecule has 0 N–H and O–H groups in total. The van der Waals surface area contributed by atoms with Crippen molar-refractivity contribution in [2.45, 2.75) is 63.5 Å². The van der Waals surface area contributed by atoms with E-state index in [-0.39, 0.29) is 11.4 Å². The molecule has 0 unspecified atom stereocenters. The van der Waals surface area contributed by atoms with E-state index in [0.717, 1.165) is 43.6 Å². The molecular weight excluding hydrogens is 364 g/mol. The predicted octanol–water partition coefficient (Wildman–Crippen LogP) is 2.72. The highest BCUT2D eigenvalue weighted by Gasteiger charge is 2.45. The van der Waals surface area contributed by atoms with Crippen molar-refractivity contribution in [3.63, 3.8) is 0 Å². The SMILES string of the molecule is Cc1cccc(CC(=O)N2CCC[C@](c3nnnn3C3CCCC3)(N(C)C)C2)c1. The number of aromatic nitrogens is 4. The van der Waals surface area contributed by atoms with Gasteiger partial charge >= 0.3 is 0 Å². The Morgan fingerprint density at radius 2 is 2.03 bits per heavy atom. The molecule has 1 saturated heterocycles. The van der Waals surface area contributed by atoms with Gasteiger partial charge in [0.25, 0.3) is 0 Å². The minimum Gasteiger partial charge on any atom is -0.340 e. The monoisotopic (exact) mass is 396 g/mol. The van der Waals surface area contributed by atoms with E-state index in [1.807, 2.05) is 17.0 Å². The number of likely N-dealkylation sites (tertiary alicyclic amines) is 1. The third-order valence-corrected chi connectivity index (χ3v) is 6.70. The largest absolute Gasteiger partial charge is 0.340 e. The van der Waals surface area contributed by atoms with Gasteiger partial charge in [0.1, 0.15) is 5.54 Å². The molecule has 2 fully saturated rings. The molecule has 2 aromatic rings. The summed E-state index contributed by atoms with van der Waals surface area (Å²) in [5, 5.41) is 12.9. The number of amides is 1. The van der Waals surface area contributed by atoms with Crippen molar-refractivity contribution in [2.75, 3.05) is 27.2 Å². The van der Waals surface area contributed by atoms with E-state index in [0.29, 0.717) is 19.0 Å². The Labute approximate surface area is 173 Å². The van der Waals surface area contributed by atoms with E-state index in [1.165, 1.54) is 18.4 Å². The number of benzene rings is 1. The van der Waals surface area contributed by atoms with Crippen molar-refractivity contribution in [3.05, 3.63) is 41.2 Å². The molecule has 7 nitrogen and oxygen atoms in total.